The Labute approximate surface area is 114 Å². The third-order valence-electron chi connectivity index (χ3n) is 2.75. The summed E-state index contributed by atoms with van der Waals surface area (Å²) in [6.07, 6.45) is 2.34. The molecule has 0 aromatic carbocycles. The minimum Gasteiger partial charge on any atom is -0.307 e. The van der Waals surface area contributed by atoms with Crippen LogP contribution >= 0.6 is 0 Å². The largest absolute Gasteiger partial charge is 0.307 e. The fourth-order valence-electron chi connectivity index (χ4n) is 1.87. The summed E-state index contributed by atoms with van der Waals surface area (Å²) in [5.41, 5.74) is 1.70. The minimum absolute atomic E-state index is 0.232. The first-order chi connectivity index (χ1) is 9.69. The number of alkyl halides is 3. The topological polar surface area (TPSA) is 47.7 Å². The molecule has 5 nitrogen and oxygen atoms in total. The molecule has 2 aromatic rings. The molecule has 0 amide bonds. The maximum absolute atomic E-state index is 12.3. The van der Waals surface area contributed by atoms with E-state index in [9.17, 15) is 13.2 Å². The van der Waals surface area contributed by atoms with Gasteiger partial charge in [0.15, 0.2) is 0 Å². The van der Waals surface area contributed by atoms with Crippen LogP contribution in [0.2, 0.25) is 0 Å². The first-order valence-corrected chi connectivity index (χ1v) is 6.26. The number of rotatable bonds is 8. The van der Waals surface area contributed by atoms with Crippen molar-refractivity contribution in [3.8, 4) is 0 Å². The molecule has 0 radical (unpaired) electrons. The fraction of sp³-hybridized carbons (Fsp3) is 0.500. The normalized spacial score (nSPS) is 11.4. The van der Waals surface area contributed by atoms with Crippen LogP contribution in [0.5, 0.6) is 0 Å². The van der Waals surface area contributed by atoms with E-state index in [2.05, 4.69) is 15.5 Å². The van der Waals surface area contributed by atoms with Crippen LogP contribution in [0.25, 0.3) is 0 Å². The van der Waals surface area contributed by atoms with Crippen LogP contribution < -0.4 is 5.32 Å². The van der Waals surface area contributed by atoms with Gasteiger partial charge in [-0.15, -0.1) is 0 Å². The zero-order valence-electron chi connectivity index (χ0n) is 10.8. The summed E-state index contributed by atoms with van der Waals surface area (Å²) in [5, 5.41) is 11.0. The summed E-state index contributed by atoms with van der Waals surface area (Å²) in [6, 6.07) is 1.81. The van der Waals surface area contributed by atoms with Gasteiger partial charge >= 0.3 is 0 Å². The lowest BCUT2D eigenvalue weighted by molar-refractivity contribution is 0.122. The molecule has 0 unspecified atom stereocenters. The summed E-state index contributed by atoms with van der Waals surface area (Å²) in [5.74, 6) is 0. The number of nitrogens with zero attached hydrogens (tertiary/aromatic N) is 4. The average Bonchev–Trinajstić information content (AvgIpc) is 3.00. The predicted octanol–water partition coefficient (Wildman–Crippen LogP) is 1.60. The Balaban J connectivity index is 1.80. The highest BCUT2D eigenvalue weighted by atomic mass is 19.3. The third-order valence-corrected chi connectivity index (χ3v) is 2.75. The van der Waals surface area contributed by atoms with Gasteiger partial charge in [0.05, 0.1) is 18.4 Å². The molecule has 0 aliphatic rings. The Morgan fingerprint density at radius 3 is 2.85 bits per heavy atom. The molecule has 2 heterocycles. The lowest BCUT2D eigenvalue weighted by atomic mass is 10.3. The highest BCUT2D eigenvalue weighted by Crippen LogP contribution is 2.03. The van der Waals surface area contributed by atoms with Crippen LogP contribution in [-0.4, -0.2) is 32.7 Å². The van der Waals surface area contributed by atoms with Gasteiger partial charge in [0.2, 0.25) is 0 Å². The Hall–Kier alpha value is -1.83. The summed E-state index contributed by atoms with van der Waals surface area (Å²) < 4.78 is 39.4. The first-order valence-electron chi connectivity index (χ1n) is 6.26. The van der Waals surface area contributed by atoms with Gasteiger partial charge in [0, 0.05) is 31.0 Å². The van der Waals surface area contributed by atoms with Gasteiger partial charge in [-0.2, -0.15) is 10.2 Å². The van der Waals surface area contributed by atoms with Crippen molar-refractivity contribution in [2.24, 2.45) is 0 Å². The second-order valence-electron chi connectivity index (χ2n) is 4.30. The van der Waals surface area contributed by atoms with E-state index in [1.165, 1.54) is 4.68 Å². The van der Waals surface area contributed by atoms with E-state index in [0.717, 1.165) is 11.3 Å². The Bertz CT molecular complexity index is 523. The molecular weight excluding hydrogens is 271 g/mol. The molecule has 20 heavy (non-hydrogen) atoms. The van der Waals surface area contributed by atoms with Gasteiger partial charge < -0.3 is 5.32 Å². The molecule has 0 saturated carbocycles. The Kier molecular flexibility index (Phi) is 5.16. The molecule has 0 bridgehead atoms. The van der Waals surface area contributed by atoms with E-state index in [4.69, 9.17) is 0 Å². The second-order valence-corrected chi connectivity index (χ2v) is 4.30. The molecule has 0 atom stereocenters. The maximum Gasteiger partial charge on any atom is 0.257 e. The monoisotopic (exact) mass is 287 g/mol. The fourth-order valence-corrected chi connectivity index (χ4v) is 1.87. The van der Waals surface area contributed by atoms with Crippen LogP contribution in [0.3, 0.4) is 0 Å². The molecule has 0 saturated heterocycles. The number of halogens is 3. The Morgan fingerprint density at radius 2 is 2.10 bits per heavy atom. The number of nitrogens with one attached hydrogen (secondary N) is 1. The molecule has 0 aliphatic carbocycles. The van der Waals surface area contributed by atoms with Crippen molar-refractivity contribution in [1.82, 2.24) is 24.9 Å². The minimum atomic E-state index is -2.41. The van der Waals surface area contributed by atoms with E-state index in [-0.39, 0.29) is 6.54 Å². The molecular formula is C12H16F3N5. The zero-order valence-corrected chi connectivity index (χ0v) is 10.8. The zero-order chi connectivity index (χ0) is 14.4. The van der Waals surface area contributed by atoms with Crippen LogP contribution in [0, 0.1) is 0 Å². The van der Waals surface area contributed by atoms with Crippen molar-refractivity contribution >= 4 is 0 Å². The second kappa shape index (κ2) is 7.09. The van der Waals surface area contributed by atoms with Gasteiger partial charge in [0.1, 0.15) is 13.2 Å². The summed E-state index contributed by atoms with van der Waals surface area (Å²) >= 11 is 0. The average molecular weight is 287 g/mol. The van der Waals surface area contributed by atoms with E-state index in [0.29, 0.717) is 13.1 Å². The maximum atomic E-state index is 12.3. The molecule has 2 rings (SSSR count). The molecule has 0 aliphatic heterocycles. The van der Waals surface area contributed by atoms with Gasteiger partial charge in [-0.3, -0.25) is 9.36 Å². The van der Waals surface area contributed by atoms with E-state index < -0.39 is 19.6 Å². The lowest BCUT2D eigenvalue weighted by Crippen LogP contribution is -2.16. The van der Waals surface area contributed by atoms with Gasteiger partial charge in [-0.25, -0.2) is 13.2 Å². The number of hydrogen-bond donors (Lipinski definition) is 1. The van der Waals surface area contributed by atoms with E-state index in [1.54, 1.807) is 23.3 Å². The standard InChI is InChI=1S/C12H16F3N5/c13-2-4-20-11(1-3-17-20)7-16-5-10-6-18-19(8-10)9-12(14)15/h1,3,6,8,12,16H,2,4-5,7,9H2. The Morgan fingerprint density at radius 1 is 1.25 bits per heavy atom. The van der Waals surface area contributed by atoms with Crippen LogP contribution in [0.15, 0.2) is 24.7 Å². The van der Waals surface area contributed by atoms with Crippen molar-refractivity contribution in [1.29, 1.82) is 0 Å². The predicted molar refractivity (Wildman–Crippen MR) is 67.0 cm³/mol. The number of aryl methyl sites for hydroxylation is 1. The summed E-state index contributed by atoms with van der Waals surface area (Å²) in [4.78, 5) is 0. The molecule has 0 spiro atoms. The summed E-state index contributed by atoms with van der Waals surface area (Å²) in [7, 11) is 0. The van der Waals surface area contributed by atoms with Crippen LogP contribution in [0.1, 0.15) is 11.3 Å². The molecule has 0 fully saturated rings. The smallest absolute Gasteiger partial charge is 0.257 e. The van der Waals surface area contributed by atoms with Gasteiger partial charge in [-0.05, 0) is 6.07 Å². The van der Waals surface area contributed by atoms with Crippen molar-refractivity contribution in [2.75, 3.05) is 6.67 Å². The van der Waals surface area contributed by atoms with Crippen LogP contribution in [-0.2, 0) is 26.2 Å². The highest BCUT2D eigenvalue weighted by molar-refractivity contribution is 5.05. The summed E-state index contributed by atoms with van der Waals surface area (Å²) in [6.45, 7) is 0.402. The van der Waals surface area contributed by atoms with E-state index >= 15 is 0 Å². The quantitative estimate of drug-likeness (QED) is 0.802. The molecule has 1 N–H and O–H groups in total. The van der Waals surface area contributed by atoms with Crippen molar-refractivity contribution in [3.63, 3.8) is 0 Å². The lowest BCUT2D eigenvalue weighted by Gasteiger charge is -2.06. The molecule has 8 heteroatoms. The third kappa shape index (κ3) is 4.09. The first kappa shape index (κ1) is 14.6. The van der Waals surface area contributed by atoms with E-state index in [1.807, 2.05) is 6.07 Å². The van der Waals surface area contributed by atoms with Gasteiger partial charge in [0.25, 0.3) is 6.43 Å². The van der Waals surface area contributed by atoms with Crippen molar-refractivity contribution in [2.45, 2.75) is 32.6 Å². The molecule has 2 aromatic heterocycles. The molecule has 110 valence electrons. The highest BCUT2D eigenvalue weighted by Gasteiger charge is 2.06. The van der Waals surface area contributed by atoms with Gasteiger partial charge in [-0.1, -0.05) is 0 Å². The van der Waals surface area contributed by atoms with Crippen molar-refractivity contribution < 1.29 is 13.2 Å². The SMILES string of the molecule is FCCn1nccc1CNCc1cnn(CC(F)F)c1. The number of hydrogen-bond acceptors (Lipinski definition) is 3. The van der Waals surface area contributed by atoms with Crippen molar-refractivity contribution in [3.05, 3.63) is 35.9 Å². The number of aromatic nitrogens is 4. The van der Waals surface area contributed by atoms with Crippen LogP contribution in [0.4, 0.5) is 13.2 Å².